The first-order valence-electron chi connectivity index (χ1n) is 5.43. The summed E-state index contributed by atoms with van der Waals surface area (Å²) in [7, 11) is 0. The number of aromatic nitrogens is 3. The van der Waals surface area contributed by atoms with Crippen LogP contribution in [0.1, 0.15) is 5.56 Å². The van der Waals surface area contributed by atoms with Gasteiger partial charge in [-0.1, -0.05) is 6.07 Å². The Kier molecular flexibility index (Phi) is 2.89. The quantitative estimate of drug-likeness (QED) is 0.729. The van der Waals surface area contributed by atoms with E-state index in [4.69, 9.17) is 10.00 Å². The van der Waals surface area contributed by atoms with E-state index in [2.05, 4.69) is 32.0 Å². The Balaban J connectivity index is 2.05. The third kappa shape index (κ3) is 2.28. The van der Waals surface area contributed by atoms with Crippen LogP contribution in [-0.4, -0.2) is 14.4 Å². The molecule has 3 rings (SSSR count). The Morgan fingerprint density at radius 2 is 2.26 bits per heavy atom. The third-order valence-electron chi connectivity index (χ3n) is 2.49. The average molecular weight is 315 g/mol. The predicted octanol–water partition coefficient (Wildman–Crippen LogP) is 3.16. The van der Waals surface area contributed by atoms with Gasteiger partial charge in [-0.3, -0.25) is 4.40 Å². The summed E-state index contributed by atoms with van der Waals surface area (Å²) < 4.78 is 8.15. The van der Waals surface area contributed by atoms with Crippen LogP contribution in [0, 0.1) is 11.3 Å². The fourth-order valence-electron chi connectivity index (χ4n) is 1.68. The number of hydrogen-bond donors (Lipinski definition) is 0. The highest BCUT2D eigenvalue weighted by atomic mass is 79.9. The lowest BCUT2D eigenvalue weighted by Crippen LogP contribution is -1.95. The molecule has 0 atom stereocenters. The molecular weight excluding hydrogens is 308 g/mol. The van der Waals surface area contributed by atoms with Gasteiger partial charge in [0.25, 0.3) is 5.88 Å². The molecule has 0 unspecified atom stereocenters. The number of hydrogen-bond acceptors (Lipinski definition) is 4. The van der Waals surface area contributed by atoms with Crippen LogP contribution in [0.4, 0.5) is 0 Å². The minimum Gasteiger partial charge on any atom is -0.436 e. The summed E-state index contributed by atoms with van der Waals surface area (Å²) in [6.07, 6.45) is 5.27. The van der Waals surface area contributed by atoms with E-state index in [1.807, 2.05) is 0 Å². The standard InChI is InChI=1S/C13H7BrN4O/c14-11-8-18-5-4-16-12(18)13(17-11)19-10-3-1-2-9(6-10)7-15/h1-6,8H. The number of benzene rings is 1. The summed E-state index contributed by atoms with van der Waals surface area (Å²) in [6.45, 7) is 0. The molecule has 0 amide bonds. The molecule has 92 valence electrons. The van der Waals surface area contributed by atoms with Gasteiger partial charge in [0.15, 0.2) is 0 Å². The van der Waals surface area contributed by atoms with Crippen LogP contribution in [0.3, 0.4) is 0 Å². The van der Waals surface area contributed by atoms with Gasteiger partial charge in [0.05, 0.1) is 11.6 Å². The summed E-state index contributed by atoms with van der Waals surface area (Å²) in [6, 6.07) is 8.96. The van der Waals surface area contributed by atoms with E-state index in [9.17, 15) is 0 Å². The molecule has 2 aromatic heterocycles. The Labute approximate surface area is 117 Å². The van der Waals surface area contributed by atoms with Crippen molar-refractivity contribution in [2.75, 3.05) is 0 Å². The Morgan fingerprint density at radius 3 is 3.11 bits per heavy atom. The molecule has 0 aliphatic carbocycles. The zero-order chi connectivity index (χ0) is 13.2. The number of rotatable bonds is 2. The number of nitriles is 1. The first kappa shape index (κ1) is 11.7. The van der Waals surface area contributed by atoms with Crippen LogP contribution in [-0.2, 0) is 0 Å². The van der Waals surface area contributed by atoms with E-state index < -0.39 is 0 Å². The highest BCUT2D eigenvalue weighted by Gasteiger charge is 2.09. The minimum atomic E-state index is 0.384. The fraction of sp³-hybridized carbons (Fsp3) is 0. The van der Waals surface area contributed by atoms with Gasteiger partial charge in [-0.25, -0.2) is 9.97 Å². The maximum Gasteiger partial charge on any atom is 0.264 e. The maximum absolute atomic E-state index is 8.87. The molecule has 0 saturated carbocycles. The number of imidazole rings is 1. The van der Waals surface area contributed by atoms with Gasteiger partial charge in [-0.15, -0.1) is 0 Å². The molecule has 0 radical (unpaired) electrons. The van der Waals surface area contributed by atoms with Gasteiger partial charge in [-0.2, -0.15) is 5.26 Å². The summed E-state index contributed by atoms with van der Waals surface area (Å²) in [4.78, 5) is 8.44. The normalized spacial score (nSPS) is 10.3. The average Bonchev–Trinajstić information content (AvgIpc) is 2.87. The van der Waals surface area contributed by atoms with Gasteiger partial charge in [0, 0.05) is 18.6 Å². The molecule has 6 heteroatoms. The van der Waals surface area contributed by atoms with Crippen molar-refractivity contribution in [2.45, 2.75) is 0 Å². The molecule has 3 aromatic rings. The second-order valence-electron chi connectivity index (χ2n) is 3.77. The van der Waals surface area contributed by atoms with Gasteiger partial charge in [0.2, 0.25) is 5.65 Å². The summed E-state index contributed by atoms with van der Waals surface area (Å²) in [5, 5.41) is 8.87. The smallest absolute Gasteiger partial charge is 0.264 e. The molecule has 0 N–H and O–H groups in total. The largest absolute Gasteiger partial charge is 0.436 e. The van der Waals surface area contributed by atoms with E-state index in [1.165, 1.54) is 0 Å². The van der Waals surface area contributed by atoms with Crippen LogP contribution in [0.2, 0.25) is 0 Å². The molecule has 5 nitrogen and oxygen atoms in total. The van der Waals surface area contributed by atoms with E-state index in [1.54, 1.807) is 47.3 Å². The second-order valence-corrected chi connectivity index (χ2v) is 4.58. The minimum absolute atomic E-state index is 0.384. The van der Waals surface area contributed by atoms with Crippen LogP contribution >= 0.6 is 15.9 Å². The van der Waals surface area contributed by atoms with E-state index in [-0.39, 0.29) is 0 Å². The second kappa shape index (κ2) is 4.71. The third-order valence-corrected chi connectivity index (χ3v) is 2.87. The molecule has 0 aliphatic rings. The SMILES string of the molecule is N#Cc1cccc(Oc2nc(Br)cn3ccnc23)c1. The fourth-order valence-corrected chi connectivity index (χ4v) is 2.06. The first-order valence-corrected chi connectivity index (χ1v) is 6.23. The Morgan fingerprint density at radius 1 is 1.37 bits per heavy atom. The number of fused-ring (bicyclic) bond motifs is 1. The maximum atomic E-state index is 8.87. The van der Waals surface area contributed by atoms with Crippen molar-refractivity contribution in [3.05, 3.63) is 53.0 Å². The highest BCUT2D eigenvalue weighted by molar-refractivity contribution is 9.10. The van der Waals surface area contributed by atoms with E-state index in [0.29, 0.717) is 27.4 Å². The van der Waals surface area contributed by atoms with E-state index in [0.717, 1.165) is 0 Å². The van der Waals surface area contributed by atoms with Crippen LogP contribution in [0.15, 0.2) is 47.5 Å². The lowest BCUT2D eigenvalue weighted by atomic mass is 10.2. The van der Waals surface area contributed by atoms with Gasteiger partial charge in [-0.05, 0) is 34.1 Å². The molecule has 0 bridgehead atoms. The molecule has 0 fully saturated rings. The molecule has 0 saturated heterocycles. The monoisotopic (exact) mass is 314 g/mol. The summed E-state index contributed by atoms with van der Waals surface area (Å²) in [5.74, 6) is 0.934. The molecule has 2 heterocycles. The first-order chi connectivity index (χ1) is 9.26. The zero-order valence-electron chi connectivity index (χ0n) is 9.62. The zero-order valence-corrected chi connectivity index (χ0v) is 11.2. The predicted molar refractivity (Wildman–Crippen MR) is 71.9 cm³/mol. The van der Waals surface area contributed by atoms with Crippen LogP contribution in [0.5, 0.6) is 11.6 Å². The molecule has 0 spiro atoms. The van der Waals surface area contributed by atoms with Gasteiger partial charge < -0.3 is 4.74 Å². The highest BCUT2D eigenvalue weighted by Crippen LogP contribution is 2.25. The van der Waals surface area contributed by atoms with Crippen molar-refractivity contribution in [1.82, 2.24) is 14.4 Å². The molecular formula is C13H7BrN4O. The Hall–Kier alpha value is -2.39. The van der Waals surface area contributed by atoms with Crippen LogP contribution < -0.4 is 4.74 Å². The van der Waals surface area contributed by atoms with Gasteiger partial charge in [0.1, 0.15) is 10.4 Å². The van der Waals surface area contributed by atoms with Crippen molar-refractivity contribution in [3.8, 4) is 17.7 Å². The van der Waals surface area contributed by atoms with Crippen molar-refractivity contribution < 1.29 is 4.74 Å². The molecule has 19 heavy (non-hydrogen) atoms. The van der Waals surface area contributed by atoms with Crippen molar-refractivity contribution in [2.24, 2.45) is 0 Å². The number of ether oxygens (including phenoxy) is 1. The van der Waals surface area contributed by atoms with Gasteiger partial charge >= 0.3 is 0 Å². The van der Waals surface area contributed by atoms with Crippen LogP contribution in [0.25, 0.3) is 5.65 Å². The number of nitrogens with zero attached hydrogens (tertiary/aromatic N) is 4. The van der Waals surface area contributed by atoms with Crippen molar-refractivity contribution in [3.63, 3.8) is 0 Å². The summed E-state index contributed by atoms with van der Waals surface area (Å²) >= 11 is 3.32. The molecule has 1 aromatic carbocycles. The topological polar surface area (TPSA) is 63.2 Å². The van der Waals surface area contributed by atoms with Crippen molar-refractivity contribution in [1.29, 1.82) is 5.26 Å². The molecule has 0 aliphatic heterocycles. The van der Waals surface area contributed by atoms with E-state index >= 15 is 0 Å². The van der Waals surface area contributed by atoms with Crippen molar-refractivity contribution >= 4 is 21.6 Å². The lowest BCUT2D eigenvalue weighted by molar-refractivity contribution is 0.463. The number of halogens is 1. The Bertz CT molecular complexity index is 791. The lowest BCUT2D eigenvalue weighted by Gasteiger charge is -2.06. The summed E-state index contributed by atoms with van der Waals surface area (Å²) in [5.41, 5.74) is 1.15.